The Bertz CT molecular complexity index is 806. The minimum absolute atomic E-state index is 0.0457. The first kappa shape index (κ1) is 19.6. The lowest BCUT2D eigenvalue weighted by Gasteiger charge is -2.27. The van der Waals surface area contributed by atoms with E-state index in [0.29, 0.717) is 12.1 Å². The van der Waals surface area contributed by atoms with Gasteiger partial charge in [0.15, 0.2) is 0 Å². The summed E-state index contributed by atoms with van der Waals surface area (Å²) in [6.45, 7) is 2.33. The van der Waals surface area contributed by atoms with Crippen LogP contribution in [0.15, 0.2) is 42.6 Å². The highest BCUT2D eigenvalue weighted by Gasteiger charge is 2.12. The van der Waals surface area contributed by atoms with Gasteiger partial charge in [-0.25, -0.2) is 19.6 Å². The van der Waals surface area contributed by atoms with Gasteiger partial charge in [0.1, 0.15) is 11.6 Å². The monoisotopic (exact) mass is 385 g/mol. The lowest BCUT2D eigenvalue weighted by atomic mass is 10.1. The lowest BCUT2D eigenvalue weighted by molar-refractivity contribution is -0.121. The second kappa shape index (κ2) is 9.68. The molecule has 0 spiro atoms. The molecule has 148 valence electrons. The molecule has 3 rings (SSSR count). The first-order valence-corrected chi connectivity index (χ1v) is 9.37. The maximum atomic E-state index is 12.9. The fourth-order valence-corrected chi connectivity index (χ4v) is 3.05. The molecule has 3 amide bonds. The summed E-state index contributed by atoms with van der Waals surface area (Å²) >= 11 is 0. The highest BCUT2D eigenvalue weighted by atomic mass is 19.1. The van der Waals surface area contributed by atoms with Crippen LogP contribution in [0.25, 0.3) is 0 Å². The van der Waals surface area contributed by atoms with E-state index in [1.165, 1.54) is 43.5 Å². The third kappa shape index (κ3) is 5.94. The molecule has 0 atom stereocenters. The number of benzene rings is 1. The molecule has 2 aromatic rings. The number of nitrogens with one attached hydrogen (secondary N) is 3. The van der Waals surface area contributed by atoms with Gasteiger partial charge < -0.3 is 10.2 Å². The third-order valence-corrected chi connectivity index (χ3v) is 4.54. The van der Waals surface area contributed by atoms with Gasteiger partial charge in [-0.15, -0.1) is 0 Å². The molecule has 0 aliphatic carbocycles. The molecule has 1 aliphatic heterocycles. The van der Waals surface area contributed by atoms with Gasteiger partial charge >= 0.3 is 6.03 Å². The molecule has 2 heterocycles. The third-order valence-electron chi connectivity index (χ3n) is 4.54. The minimum Gasteiger partial charge on any atom is -0.357 e. The molecule has 1 saturated heterocycles. The van der Waals surface area contributed by atoms with E-state index in [9.17, 15) is 14.0 Å². The Morgan fingerprint density at radius 2 is 1.75 bits per heavy atom. The van der Waals surface area contributed by atoms with Gasteiger partial charge in [0.2, 0.25) is 5.91 Å². The molecule has 7 nitrogen and oxygen atoms in total. The van der Waals surface area contributed by atoms with Crippen molar-refractivity contribution in [3.63, 3.8) is 0 Å². The summed E-state index contributed by atoms with van der Waals surface area (Å²) in [5.41, 5.74) is 6.23. The molecule has 28 heavy (non-hydrogen) atoms. The average molecular weight is 385 g/mol. The van der Waals surface area contributed by atoms with Crippen LogP contribution in [0.2, 0.25) is 0 Å². The summed E-state index contributed by atoms with van der Waals surface area (Å²) in [6.07, 6.45) is 5.38. The van der Waals surface area contributed by atoms with Crippen molar-refractivity contribution in [3.05, 3.63) is 59.5 Å². The second-order valence-electron chi connectivity index (χ2n) is 6.73. The summed E-state index contributed by atoms with van der Waals surface area (Å²) < 4.78 is 12.9. The molecular formula is C20H24FN5O2. The van der Waals surface area contributed by atoms with Gasteiger partial charge in [-0.1, -0.05) is 12.1 Å². The number of anilines is 1. The van der Waals surface area contributed by atoms with Gasteiger partial charge in [-0.2, -0.15) is 0 Å². The number of carbonyl (C=O) groups is 2. The summed E-state index contributed by atoms with van der Waals surface area (Å²) in [6, 6.07) is 8.94. The largest absolute Gasteiger partial charge is 0.357 e. The van der Waals surface area contributed by atoms with Crippen LogP contribution in [0.1, 0.15) is 30.4 Å². The van der Waals surface area contributed by atoms with Crippen LogP contribution in [0.3, 0.4) is 0 Å². The minimum atomic E-state index is -0.510. The number of rotatable bonds is 5. The number of urea groups is 1. The van der Waals surface area contributed by atoms with E-state index < -0.39 is 11.9 Å². The Hall–Kier alpha value is -3.16. The van der Waals surface area contributed by atoms with Crippen LogP contribution in [0.4, 0.5) is 15.0 Å². The molecule has 0 bridgehead atoms. The number of nitrogens with zero attached hydrogens (tertiary/aromatic N) is 2. The summed E-state index contributed by atoms with van der Waals surface area (Å²) in [7, 11) is 0. The molecule has 1 aromatic heterocycles. The number of hydrogen-bond acceptors (Lipinski definition) is 4. The zero-order chi connectivity index (χ0) is 19.8. The number of hydrazine groups is 1. The average Bonchev–Trinajstić information content (AvgIpc) is 2.73. The van der Waals surface area contributed by atoms with Crippen LogP contribution in [0.5, 0.6) is 0 Å². The molecule has 1 aliphatic rings. The summed E-state index contributed by atoms with van der Waals surface area (Å²) in [5.74, 6) is 0.172. The fourth-order valence-electron chi connectivity index (χ4n) is 3.05. The molecule has 1 aromatic carbocycles. The number of halogens is 1. The number of hydrogen-bond donors (Lipinski definition) is 3. The van der Waals surface area contributed by atoms with Crippen molar-refractivity contribution >= 4 is 17.8 Å². The second-order valence-corrected chi connectivity index (χ2v) is 6.73. The van der Waals surface area contributed by atoms with E-state index in [1.807, 2.05) is 12.1 Å². The molecular weight excluding hydrogens is 361 g/mol. The van der Waals surface area contributed by atoms with E-state index in [0.717, 1.165) is 24.5 Å². The van der Waals surface area contributed by atoms with Gasteiger partial charge in [-0.3, -0.25) is 10.2 Å². The first-order chi connectivity index (χ1) is 13.6. The van der Waals surface area contributed by atoms with Crippen LogP contribution in [-0.2, 0) is 17.8 Å². The first-order valence-electron chi connectivity index (χ1n) is 9.37. The Labute approximate surface area is 163 Å². The molecule has 8 heteroatoms. The van der Waals surface area contributed by atoms with E-state index in [-0.39, 0.29) is 12.2 Å². The van der Waals surface area contributed by atoms with E-state index in [2.05, 4.69) is 26.1 Å². The Balaban J connectivity index is 1.41. The maximum absolute atomic E-state index is 12.9. The molecule has 0 unspecified atom stereocenters. The number of pyridine rings is 1. The normalized spacial score (nSPS) is 13.7. The number of amides is 3. The zero-order valence-electron chi connectivity index (χ0n) is 15.6. The predicted molar refractivity (Wildman–Crippen MR) is 104 cm³/mol. The molecule has 3 N–H and O–H groups in total. The quantitative estimate of drug-likeness (QED) is 0.690. The van der Waals surface area contributed by atoms with Crippen LogP contribution < -0.4 is 21.1 Å². The van der Waals surface area contributed by atoms with Crippen molar-refractivity contribution in [3.8, 4) is 0 Å². The van der Waals surface area contributed by atoms with Crippen LogP contribution in [-0.4, -0.2) is 30.0 Å². The lowest BCUT2D eigenvalue weighted by Crippen LogP contribution is -2.47. The van der Waals surface area contributed by atoms with Gasteiger partial charge in [0, 0.05) is 25.8 Å². The highest BCUT2D eigenvalue weighted by Crippen LogP contribution is 2.18. The van der Waals surface area contributed by atoms with Crippen molar-refractivity contribution in [1.29, 1.82) is 0 Å². The van der Waals surface area contributed by atoms with Gasteiger partial charge in [-0.05, 0) is 54.7 Å². The fraction of sp³-hybridized carbons (Fsp3) is 0.350. The topological polar surface area (TPSA) is 86.4 Å². The molecule has 0 saturated carbocycles. The van der Waals surface area contributed by atoms with Crippen molar-refractivity contribution in [2.45, 2.75) is 32.2 Å². The van der Waals surface area contributed by atoms with Crippen molar-refractivity contribution in [1.82, 2.24) is 21.2 Å². The summed E-state index contributed by atoms with van der Waals surface area (Å²) in [4.78, 5) is 30.4. The number of piperidine rings is 1. The standard InChI is InChI=1S/C20H24FN5O2/c21-17-6-4-15(5-7-17)13-19(27)24-25-20(28)23-14-16-8-9-22-18(12-16)26-10-2-1-3-11-26/h4-9,12H,1-3,10-11,13-14H2,(H,24,27)(H2,23,25,28). The van der Waals surface area contributed by atoms with E-state index in [4.69, 9.17) is 0 Å². The Morgan fingerprint density at radius 1 is 1.00 bits per heavy atom. The Kier molecular flexibility index (Phi) is 6.78. The van der Waals surface area contributed by atoms with E-state index >= 15 is 0 Å². The van der Waals surface area contributed by atoms with E-state index in [1.54, 1.807) is 6.20 Å². The highest BCUT2D eigenvalue weighted by molar-refractivity contribution is 5.82. The van der Waals surface area contributed by atoms with Crippen LogP contribution >= 0.6 is 0 Å². The van der Waals surface area contributed by atoms with Crippen LogP contribution in [0, 0.1) is 5.82 Å². The van der Waals surface area contributed by atoms with Gasteiger partial charge in [0.25, 0.3) is 0 Å². The molecule has 0 radical (unpaired) electrons. The smallest absolute Gasteiger partial charge is 0.333 e. The maximum Gasteiger partial charge on any atom is 0.333 e. The number of aromatic nitrogens is 1. The van der Waals surface area contributed by atoms with Crippen molar-refractivity contribution in [2.24, 2.45) is 0 Å². The summed E-state index contributed by atoms with van der Waals surface area (Å²) in [5, 5.41) is 2.70. The SMILES string of the molecule is O=C(Cc1ccc(F)cc1)NNC(=O)NCc1ccnc(N2CCCCC2)c1. The molecule has 1 fully saturated rings. The Morgan fingerprint density at radius 3 is 2.50 bits per heavy atom. The van der Waals surface area contributed by atoms with Crippen molar-refractivity contribution in [2.75, 3.05) is 18.0 Å². The zero-order valence-corrected chi connectivity index (χ0v) is 15.6. The number of carbonyl (C=O) groups excluding carboxylic acids is 2. The predicted octanol–water partition coefficient (Wildman–Crippen LogP) is 2.28. The van der Waals surface area contributed by atoms with Gasteiger partial charge in [0.05, 0.1) is 6.42 Å². The van der Waals surface area contributed by atoms with Crippen molar-refractivity contribution < 1.29 is 14.0 Å².